The minimum absolute atomic E-state index is 0.00386. The SMILES string of the molecule is COc1ccc(Cl)cc1S(=O)(=O)N(CC(=O)Nc1cc(S(=O)(=O)N(C)C)ccc1C)Cc1ccccc1. The Kier molecular flexibility index (Phi) is 8.98. The van der Waals surface area contributed by atoms with Crippen LogP contribution in [0.5, 0.6) is 5.75 Å². The largest absolute Gasteiger partial charge is 0.495 e. The zero-order valence-electron chi connectivity index (χ0n) is 20.8. The number of carbonyl (C=O) groups excluding carboxylic acids is 1. The highest BCUT2D eigenvalue weighted by Crippen LogP contribution is 2.30. The van der Waals surface area contributed by atoms with Crippen molar-refractivity contribution >= 4 is 43.2 Å². The third kappa shape index (κ3) is 6.68. The molecule has 0 bridgehead atoms. The number of hydrogen-bond acceptors (Lipinski definition) is 6. The van der Waals surface area contributed by atoms with Crippen LogP contribution < -0.4 is 10.1 Å². The van der Waals surface area contributed by atoms with Gasteiger partial charge in [-0.2, -0.15) is 4.31 Å². The molecule has 0 spiro atoms. The van der Waals surface area contributed by atoms with E-state index in [4.69, 9.17) is 16.3 Å². The average Bonchev–Trinajstić information content (AvgIpc) is 2.85. The molecular formula is C25H28ClN3O6S2. The Balaban J connectivity index is 1.97. The number of amides is 1. The van der Waals surface area contributed by atoms with Crippen LogP contribution in [-0.4, -0.2) is 59.1 Å². The fraction of sp³-hybridized carbons (Fsp3) is 0.240. The number of halogens is 1. The van der Waals surface area contributed by atoms with Crippen LogP contribution in [0.1, 0.15) is 11.1 Å². The number of sulfonamides is 2. The summed E-state index contributed by atoms with van der Waals surface area (Å²) in [5.74, 6) is -0.566. The van der Waals surface area contributed by atoms with Gasteiger partial charge in [-0.1, -0.05) is 48.0 Å². The summed E-state index contributed by atoms with van der Waals surface area (Å²) in [7, 11) is -3.83. The number of rotatable bonds is 10. The molecule has 9 nitrogen and oxygen atoms in total. The van der Waals surface area contributed by atoms with Crippen molar-refractivity contribution in [3.05, 3.63) is 82.9 Å². The summed E-state index contributed by atoms with van der Waals surface area (Å²) in [6.45, 7) is 1.06. The lowest BCUT2D eigenvalue weighted by atomic mass is 10.2. The van der Waals surface area contributed by atoms with Crippen molar-refractivity contribution in [2.45, 2.75) is 23.3 Å². The molecule has 0 saturated heterocycles. The number of hydrogen-bond donors (Lipinski definition) is 1. The first-order valence-electron chi connectivity index (χ1n) is 11.1. The van der Waals surface area contributed by atoms with Gasteiger partial charge in [0.15, 0.2) is 0 Å². The second kappa shape index (κ2) is 11.6. The molecule has 0 aliphatic carbocycles. The van der Waals surface area contributed by atoms with Crippen molar-refractivity contribution in [1.82, 2.24) is 8.61 Å². The molecule has 0 heterocycles. The average molecular weight is 566 g/mol. The van der Waals surface area contributed by atoms with E-state index in [1.165, 1.54) is 51.5 Å². The van der Waals surface area contributed by atoms with Crippen LogP contribution in [0.4, 0.5) is 5.69 Å². The number of aryl methyl sites for hydroxylation is 1. The van der Waals surface area contributed by atoms with Gasteiger partial charge in [0.05, 0.1) is 18.6 Å². The molecule has 0 atom stereocenters. The number of benzene rings is 3. The number of methoxy groups -OCH3 is 1. The van der Waals surface area contributed by atoms with E-state index >= 15 is 0 Å². The molecule has 0 fully saturated rings. The Bertz CT molecular complexity index is 1490. The van der Waals surface area contributed by atoms with Crippen molar-refractivity contribution in [1.29, 1.82) is 0 Å². The molecule has 0 aliphatic heterocycles. The maximum Gasteiger partial charge on any atom is 0.247 e. The molecule has 198 valence electrons. The summed E-state index contributed by atoms with van der Waals surface area (Å²) in [5, 5.41) is 2.85. The number of carbonyl (C=O) groups is 1. The van der Waals surface area contributed by atoms with Crippen molar-refractivity contribution < 1.29 is 26.4 Å². The van der Waals surface area contributed by atoms with E-state index < -0.39 is 32.5 Å². The third-order valence-corrected chi connectivity index (χ3v) is 9.39. The molecule has 3 rings (SSSR count). The monoisotopic (exact) mass is 565 g/mol. The molecule has 0 unspecified atom stereocenters. The van der Waals surface area contributed by atoms with Gasteiger partial charge < -0.3 is 10.1 Å². The van der Waals surface area contributed by atoms with Crippen LogP contribution in [0.3, 0.4) is 0 Å². The predicted molar refractivity (Wildman–Crippen MR) is 143 cm³/mol. The smallest absolute Gasteiger partial charge is 0.247 e. The molecule has 1 amide bonds. The van der Waals surface area contributed by atoms with Gasteiger partial charge in [-0.3, -0.25) is 4.79 Å². The number of anilines is 1. The Labute approximate surface area is 222 Å². The summed E-state index contributed by atoms with van der Waals surface area (Å²) in [6.07, 6.45) is 0. The highest BCUT2D eigenvalue weighted by Gasteiger charge is 2.30. The van der Waals surface area contributed by atoms with Crippen molar-refractivity contribution in [3.63, 3.8) is 0 Å². The zero-order valence-corrected chi connectivity index (χ0v) is 23.2. The first-order chi connectivity index (χ1) is 17.4. The molecule has 0 radical (unpaired) electrons. The van der Waals surface area contributed by atoms with E-state index in [2.05, 4.69) is 5.32 Å². The van der Waals surface area contributed by atoms with Gasteiger partial charge in [0, 0.05) is 31.4 Å². The second-order valence-corrected chi connectivity index (χ2v) is 12.9. The van der Waals surface area contributed by atoms with Crippen molar-refractivity contribution in [2.24, 2.45) is 0 Å². The molecule has 0 aromatic heterocycles. The van der Waals surface area contributed by atoms with E-state index in [0.717, 1.165) is 8.61 Å². The van der Waals surface area contributed by atoms with E-state index in [1.807, 2.05) is 0 Å². The van der Waals surface area contributed by atoms with Crippen LogP contribution in [0.25, 0.3) is 0 Å². The maximum atomic E-state index is 13.7. The van der Waals surface area contributed by atoms with Crippen LogP contribution >= 0.6 is 11.6 Å². The number of nitrogens with one attached hydrogen (secondary N) is 1. The quantitative estimate of drug-likeness (QED) is 0.401. The summed E-state index contributed by atoms with van der Waals surface area (Å²) < 4.78 is 59.8. The van der Waals surface area contributed by atoms with Gasteiger partial charge in [0.25, 0.3) is 0 Å². The van der Waals surface area contributed by atoms with Gasteiger partial charge >= 0.3 is 0 Å². The fourth-order valence-corrected chi connectivity index (χ4v) is 6.19. The second-order valence-electron chi connectivity index (χ2n) is 8.37. The molecule has 3 aromatic carbocycles. The summed E-state index contributed by atoms with van der Waals surface area (Å²) in [4.78, 5) is 12.9. The minimum atomic E-state index is -4.24. The van der Waals surface area contributed by atoms with Crippen molar-refractivity contribution in [2.75, 3.05) is 33.1 Å². The van der Waals surface area contributed by atoms with Gasteiger partial charge in [-0.05, 0) is 48.4 Å². The summed E-state index contributed by atoms with van der Waals surface area (Å²) in [6, 6.07) is 17.4. The van der Waals surface area contributed by atoms with E-state index in [9.17, 15) is 21.6 Å². The fourth-order valence-electron chi connectivity index (χ4n) is 3.46. The first-order valence-corrected chi connectivity index (χ1v) is 14.3. The molecule has 0 aliphatic rings. The van der Waals surface area contributed by atoms with Gasteiger partial charge in [0.1, 0.15) is 10.6 Å². The number of ether oxygens (including phenoxy) is 1. The molecule has 1 N–H and O–H groups in total. The summed E-state index contributed by atoms with van der Waals surface area (Å²) in [5.41, 5.74) is 1.53. The van der Waals surface area contributed by atoms with Gasteiger partial charge in [-0.25, -0.2) is 21.1 Å². The van der Waals surface area contributed by atoms with Crippen molar-refractivity contribution in [3.8, 4) is 5.75 Å². The minimum Gasteiger partial charge on any atom is -0.495 e. The third-order valence-electron chi connectivity index (χ3n) is 5.53. The van der Waals surface area contributed by atoms with E-state index in [0.29, 0.717) is 11.1 Å². The Morgan fingerprint density at radius 2 is 1.62 bits per heavy atom. The normalized spacial score (nSPS) is 12.1. The molecule has 3 aromatic rings. The zero-order chi connectivity index (χ0) is 27.4. The predicted octanol–water partition coefficient (Wildman–Crippen LogP) is 3.74. The first kappa shape index (κ1) is 28.6. The molecule has 12 heteroatoms. The Morgan fingerprint density at radius 1 is 0.946 bits per heavy atom. The van der Waals surface area contributed by atoms with Crippen LogP contribution in [0.15, 0.2) is 76.5 Å². The van der Waals surface area contributed by atoms with Crippen LogP contribution in [-0.2, 0) is 31.4 Å². The standard InChI is InChI=1S/C25H28ClN3O6S2/c1-18-10-12-21(36(31,32)28(2)3)15-22(18)27-25(30)17-29(16-19-8-6-5-7-9-19)37(33,34)24-14-20(26)11-13-23(24)35-4/h5-15H,16-17H2,1-4H3,(H,27,30). The lowest BCUT2D eigenvalue weighted by Crippen LogP contribution is -2.37. The van der Waals surface area contributed by atoms with E-state index in [1.54, 1.807) is 43.3 Å². The lowest BCUT2D eigenvalue weighted by molar-refractivity contribution is -0.116. The topological polar surface area (TPSA) is 113 Å². The number of nitrogens with zero attached hydrogens (tertiary/aromatic N) is 2. The van der Waals surface area contributed by atoms with E-state index in [-0.39, 0.29) is 32.8 Å². The highest BCUT2D eigenvalue weighted by atomic mass is 35.5. The Morgan fingerprint density at radius 3 is 2.24 bits per heavy atom. The van der Waals surface area contributed by atoms with Crippen LogP contribution in [0, 0.1) is 6.92 Å². The van der Waals surface area contributed by atoms with Crippen LogP contribution in [0.2, 0.25) is 5.02 Å². The van der Waals surface area contributed by atoms with Gasteiger partial charge in [0.2, 0.25) is 26.0 Å². The Hall–Kier alpha value is -2.96. The lowest BCUT2D eigenvalue weighted by Gasteiger charge is -2.23. The molecular weight excluding hydrogens is 538 g/mol. The molecule has 0 saturated carbocycles. The molecule has 37 heavy (non-hydrogen) atoms. The van der Waals surface area contributed by atoms with Gasteiger partial charge in [-0.15, -0.1) is 0 Å². The summed E-state index contributed by atoms with van der Waals surface area (Å²) >= 11 is 6.08. The highest BCUT2D eigenvalue weighted by molar-refractivity contribution is 7.89. The maximum absolute atomic E-state index is 13.7.